The molecule has 0 aromatic rings. The number of hydrogen-bond acceptors (Lipinski definition) is 1. The Balaban J connectivity index is 2.28. The summed E-state index contributed by atoms with van der Waals surface area (Å²) in [7, 11) is 0. The molecule has 0 aliphatic carbocycles. The highest BCUT2D eigenvalue weighted by Crippen LogP contribution is 2.29. The molecular weight excluding hydrogens is 242 g/mol. The molecule has 120 valence electrons. The molecule has 1 heteroatoms. The second kappa shape index (κ2) is 10.7. The average molecular weight is 282 g/mol. The first kappa shape index (κ1) is 18.0. The maximum Gasteiger partial charge on any atom is 0.00670 e. The molecule has 1 heterocycles. The first-order valence-electron chi connectivity index (χ1n) is 9.37. The summed E-state index contributed by atoms with van der Waals surface area (Å²) in [5, 5.41) is 3.85. The van der Waals surface area contributed by atoms with Crippen molar-refractivity contribution in [1.29, 1.82) is 0 Å². The zero-order valence-electron chi connectivity index (χ0n) is 14.5. The summed E-state index contributed by atoms with van der Waals surface area (Å²) in [6.45, 7) is 8.46. The van der Waals surface area contributed by atoms with Crippen LogP contribution in [0.1, 0.15) is 104 Å². The van der Waals surface area contributed by atoms with Gasteiger partial charge >= 0.3 is 0 Å². The number of unbranched alkanes of at least 4 members (excludes halogenated alkanes) is 3. The molecule has 0 bridgehead atoms. The molecule has 1 fully saturated rings. The zero-order valence-corrected chi connectivity index (χ0v) is 14.5. The van der Waals surface area contributed by atoms with Crippen molar-refractivity contribution in [1.82, 2.24) is 5.32 Å². The Kier molecular flexibility index (Phi) is 9.59. The topological polar surface area (TPSA) is 12.0 Å². The third kappa shape index (κ3) is 9.00. The van der Waals surface area contributed by atoms with Crippen molar-refractivity contribution in [2.24, 2.45) is 5.41 Å². The zero-order chi connectivity index (χ0) is 14.7. The van der Waals surface area contributed by atoms with Crippen LogP contribution in [0.2, 0.25) is 0 Å². The highest BCUT2D eigenvalue weighted by molar-refractivity contribution is 4.73. The van der Waals surface area contributed by atoms with Crippen LogP contribution in [0.5, 0.6) is 0 Å². The van der Waals surface area contributed by atoms with Crippen LogP contribution in [0.15, 0.2) is 0 Å². The highest BCUT2D eigenvalue weighted by Gasteiger charge is 2.17. The molecule has 0 saturated carbocycles. The van der Waals surface area contributed by atoms with Crippen molar-refractivity contribution in [2.45, 2.75) is 110 Å². The summed E-state index contributed by atoms with van der Waals surface area (Å²) in [5.74, 6) is 0. The molecule has 1 aliphatic heterocycles. The molecule has 1 rings (SSSR count). The van der Waals surface area contributed by atoms with Crippen LogP contribution in [-0.4, -0.2) is 12.6 Å². The van der Waals surface area contributed by atoms with Gasteiger partial charge < -0.3 is 5.32 Å². The molecule has 1 saturated heterocycles. The summed E-state index contributed by atoms with van der Waals surface area (Å²) < 4.78 is 0. The van der Waals surface area contributed by atoms with Crippen LogP contribution in [0.3, 0.4) is 0 Å². The SMILES string of the molecule is CCCCCCC1CCCCCCC(C)(C)CCCN1. The summed E-state index contributed by atoms with van der Waals surface area (Å²) in [4.78, 5) is 0. The van der Waals surface area contributed by atoms with Crippen LogP contribution in [0.4, 0.5) is 0 Å². The van der Waals surface area contributed by atoms with E-state index in [9.17, 15) is 0 Å². The van der Waals surface area contributed by atoms with Crippen molar-refractivity contribution in [3.05, 3.63) is 0 Å². The molecule has 1 aliphatic rings. The van der Waals surface area contributed by atoms with Crippen molar-refractivity contribution in [2.75, 3.05) is 6.54 Å². The van der Waals surface area contributed by atoms with E-state index in [1.165, 1.54) is 90.0 Å². The molecule has 1 nitrogen and oxygen atoms in total. The minimum absolute atomic E-state index is 0.567. The lowest BCUT2D eigenvalue weighted by Gasteiger charge is -2.26. The fourth-order valence-corrected chi connectivity index (χ4v) is 3.51. The normalized spacial score (nSPS) is 25.6. The molecule has 1 unspecified atom stereocenters. The quantitative estimate of drug-likeness (QED) is 0.602. The monoisotopic (exact) mass is 281 g/mol. The summed E-state index contributed by atoms with van der Waals surface area (Å²) in [6, 6.07) is 0.800. The van der Waals surface area contributed by atoms with E-state index in [4.69, 9.17) is 0 Å². The second-order valence-electron chi connectivity index (χ2n) is 7.72. The average Bonchev–Trinajstić information content (AvgIpc) is 2.41. The third-order valence-corrected chi connectivity index (χ3v) is 5.03. The van der Waals surface area contributed by atoms with Crippen molar-refractivity contribution >= 4 is 0 Å². The molecule has 1 atom stereocenters. The Morgan fingerprint density at radius 3 is 2.45 bits per heavy atom. The molecule has 0 spiro atoms. The fourth-order valence-electron chi connectivity index (χ4n) is 3.51. The summed E-state index contributed by atoms with van der Waals surface area (Å²) in [6.07, 6.45) is 18.4. The van der Waals surface area contributed by atoms with Gasteiger partial charge in [-0.05, 0) is 44.1 Å². The molecule has 0 aromatic heterocycles. The standard InChI is InChI=1S/C19H39N/c1-4-5-6-9-13-18-14-10-7-8-11-15-19(2,3)16-12-17-20-18/h18,20H,4-17H2,1-3H3. The maximum absolute atomic E-state index is 3.85. The van der Waals surface area contributed by atoms with Crippen LogP contribution in [0.25, 0.3) is 0 Å². The maximum atomic E-state index is 3.85. The lowest BCUT2D eigenvalue weighted by Crippen LogP contribution is -2.31. The Morgan fingerprint density at radius 1 is 0.900 bits per heavy atom. The molecule has 0 radical (unpaired) electrons. The first-order chi connectivity index (χ1) is 9.64. The van der Waals surface area contributed by atoms with Gasteiger partial charge in [0.25, 0.3) is 0 Å². The number of rotatable bonds is 5. The van der Waals surface area contributed by atoms with E-state index >= 15 is 0 Å². The Labute approximate surface area is 128 Å². The van der Waals surface area contributed by atoms with Gasteiger partial charge in [-0.25, -0.2) is 0 Å². The largest absolute Gasteiger partial charge is 0.314 e. The van der Waals surface area contributed by atoms with Gasteiger partial charge in [-0.2, -0.15) is 0 Å². The van der Waals surface area contributed by atoms with Crippen LogP contribution < -0.4 is 5.32 Å². The van der Waals surface area contributed by atoms with E-state index in [-0.39, 0.29) is 0 Å². The smallest absolute Gasteiger partial charge is 0.00670 e. The Bertz CT molecular complexity index is 220. The molecule has 1 N–H and O–H groups in total. The lowest BCUT2D eigenvalue weighted by molar-refractivity contribution is 0.275. The van der Waals surface area contributed by atoms with Crippen molar-refractivity contribution in [3.63, 3.8) is 0 Å². The summed E-state index contributed by atoms with van der Waals surface area (Å²) in [5.41, 5.74) is 0.567. The minimum Gasteiger partial charge on any atom is -0.314 e. The van der Waals surface area contributed by atoms with Gasteiger partial charge in [0.2, 0.25) is 0 Å². The van der Waals surface area contributed by atoms with Crippen LogP contribution in [-0.2, 0) is 0 Å². The minimum atomic E-state index is 0.567. The van der Waals surface area contributed by atoms with E-state index in [2.05, 4.69) is 26.1 Å². The van der Waals surface area contributed by atoms with E-state index in [0.29, 0.717) is 5.41 Å². The van der Waals surface area contributed by atoms with E-state index < -0.39 is 0 Å². The van der Waals surface area contributed by atoms with E-state index in [0.717, 1.165) is 6.04 Å². The third-order valence-electron chi connectivity index (χ3n) is 5.03. The second-order valence-corrected chi connectivity index (χ2v) is 7.72. The molecule has 0 aromatic carbocycles. The van der Waals surface area contributed by atoms with Gasteiger partial charge in [-0.15, -0.1) is 0 Å². The van der Waals surface area contributed by atoms with Gasteiger partial charge in [-0.3, -0.25) is 0 Å². The molecular formula is C19H39N. The predicted molar refractivity (Wildman–Crippen MR) is 91.3 cm³/mol. The van der Waals surface area contributed by atoms with Gasteiger partial charge in [0.05, 0.1) is 0 Å². The van der Waals surface area contributed by atoms with E-state index in [1.54, 1.807) is 0 Å². The van der Waals surface area contributed by atoms with Crippen molar-refractivity contribution in [3.8, 4) is 0 Å². The lowest BCUT2D eigenvalue weighted by atomic mass is 9.82. The van der Waals surface area contributed by atoms with E-state index in [1.807, 2.05) is 0 Å². The number of nitrogens with one attached hydrogen (secondary N) is 1. The Morgan fingerprint density at radius 2 is 1.65 bits per heavy atom. The highest BCUT2D eigenvalue weighted by atomic mass is 14.9. The molecule has 0 amide bonds. The summed E-state index contributed by atoms with van der Waals surface area (Å²) >= 11 is 0. The fraction of sp³-hybridized carbons (Fsp3) is 1.00. The van der Waals surface area contributed by atoms with Gasteiger partial charge in [-0.1, -0.05) is 72.1 Å². The Hall–Kier alpha value is -0.0400. The van der Waals surface area contributed by atoms with Gasteiger partial charge in [0.15, 0.2) is 0 Å². The van der Waals surface area contributed by atoms with Crippen LogP contribution in [0, 0.1) is 5.41 Å². The van der Waals surface area contributed by atoms with Gasteiger partial charge in [0, 0.05) is 6.04 Å². The van der Waals surface area contributed by atoms with Gasteiger partial charge in [0.1, 0.15) is 0 Å². The van der Waals surface area contributed by atoms with Crippen LogP contribution >= 0.6 is 0 Å². The number of hydrogen-bond donors (Lipinski definition) is 1. The van der Waals surface area contributed by atoms with Crippen molar-refractivity contribution < 1.29 is 0 Å². The predicted octanol–water partition coefficient (Wildman–Crippen LogP) is 6.08. The first-order valence-corrected chi connectivity index (χ1v) is 9.37. The molecule has 20 heavy (non-hydrogen) atoms.